The Bertz CT molecular complexity index is 1970. The van der Waals surface area contributed by atoms with Gasteiger partial charge in [0.1, 0.15) is 0 Å². The first kappa shape index (κ1) is 17.9. The molecule has 0 aliphatic heterocycles. The summed E-state index contributed by atoms with van der Waals surface area (Å²) in [5.41, 5.74) is 7.33. The van der Waals surface area contributed by atoms with Crippen molar-refractivity contribution in [1.82, 2.24) is 9.97 Å². The number of hydrogen-bond donors (Lipinski definition) is 0. The van der Waals surface area contributed by atoms with Crippen LogP contribution in [0.5, 0.6) is 0 Å². The first-order valence-electron chi connectivity index (χ1n) is 11.6. The standard InChI is InChI=1S/C32H18N2/c1-2-6-23-22(5-1)27(20-10-11-21-18-33-14-12-19(21)15-20)16-29-25-8-3-7-24-26-9-4-13-34-32(26)30(31(24)25)17-28(23)29/h1-18H. The maximum absolute atomic E-state index is 4.77. The fourth-order valence-corrected chi connectivity index (χ4v) is 5.80. The second-order valence-corrected chi connectivity index (χ2v) is 9.05. The highest BCUT2D eigenvalue weighted by Crippen LogP contribution is 2.50. The monoisotopic (exact) mass is 430 g/mol. The molecule has 0 N–H and O–H groups in total. The predicted octanol–water partition coefficient (Wildman–Crippen LogP) is 8.40. The molecule has 5 aromatic carbocycles. The molecule has 156 valence electrons. The van der Waals surface area contributed by atoms with Crippen LogP contribution in [0.3, 0.4) is 0 Å². The van der Waals surface area contributed by atoms with Crippen molar-refractivity contribution >= 4 is 43.1 Å². The van der Waals surface area contributed by atoms with E-state index < -0.39 is 0 Å². The van der Waals surface area contributed by atoms with Crippen LogP contribution in [0.1, 0.15) is 0 Å². The molecule has 2 heterocycles. The average Bonchev–Trinajstić information content (AvgIpc) is 3.23. The zero-order valence-corrected chi connectivity index (χ0v) is 18.3. The van der Waals surface area contributed by atoms with Crippen molar-refractivity contribution in [2.24, 2.45) is 0 Å². The molecule has 0 bridgehead atoms. The van der Waals surface area contributed by atoms with E-state index in [4.69, 9.17) is 4.98 Å². The van der Waals surface area contributed by atoms with E-state index in [1.54, 1.807) is 0 Å². The molecular formula is C32H18N2. The molecule has 0 saturated carbocycles. The Morgan fingerprint density at radius 3 is 2.26 bits per heavy atom. The van der Waals surface area contributed by atoms with E-state index in [0.717, 1.165) is 11.1 Å². The first-order chi connectivity index (χ1) is 16.9. The van der Waals surface area contributed by atoms with E-state index >= 15 is 0 Å². The Morgan fingerprint density at radius 2 is 1.29 bits per heavy atom. The summed E-state index contributed by atoms with van der Waals surface area (Å²) in [5, 5.41) is 10.1. The Labute approximate surface area is 196 Å². The molecule has 2 heteroatoms. The van der Waals surface area contributed by atoms with Crippen molar-refractivity contribution in [3.8, 4) is 33.5 Å². The highest BCUT2D eigenvalue weighted by atomic mass is 14.7. The van der Waals surface area contributed by atoms with Crippen LogP contribution in [0.15, 0.2) is 110 Å². The number of nitrogens with zero attached hydrogens (tertiary/aromatic N) is 2. The molecule has 7 aromatic rings. The molecule has 1 aliphatic carbocycles. The van der Waals surface area contributed by atoms with Gasteiger partial charge >= 0.3 is 0 Å². The first-order valence-corrected chi connectivity index (χ1v) is 11.6. The Morgan fingerprint density at radius 1 is 0.471 bits per heavy atom. The SMILES string of the molecule is c1cnc2c(c1)-c1cccc3c1c-2cc1c2ccccc2c(-c2ccc4cnccc4c2)cc31. The summed E-state index contributed by atoms with van der Waals surface area (Å²) in [6, 6.07) is 33.2. The summed E-state index contributed by atoms with van der Waals surface area (Å²) in [7, 11) is 0. The van der Waals surface area contributed by atoms with Crippen LogP contribution in [0.2, 0.25) is 0 Å². The molecule has 34 heavy (non-hydrogen) atoms. The van der Waals surface area contributed by atoms with Crippen LogP contribution >= 0.6 is 0 Å². The summed E-state index contributed by atoms with van der Waals surface area (Å²) in [6.45, 7) is 0. The van der Waals surface area contributed by atoms with Crippen LogP contribution in [-0.4, -0.2) is 9.97 Å². The van der Waals surface area contributed by atoms with Gasteiger partial charge in [0.15, 0.2) is 0 Å². The number of rotatable bonds is 1. The summed E-state index contributed by atoms with van der Waals surface area (Å²) in [4.78, 5) is 9.05. The fraction of sp³-hybridized carbons (Fsp3) is 0. The normalized spacial score (nSPS) is 12.1. The molecule has 8 rings (SSSR count). The van der Waals surface area contributed by atoms with Crippen LogP contribution in [0.25, 0.3) is 76.6 Å². The molecule has 0 radical (unpaired) electrons. The Balaban J connectivity index is 1.54. The maximum atomic E-state index is 4.77. The van der Waals surface area contributed by atoms with E-state index in [9.17, 15) is 0 Å². The molecule has 0 fully saturated rings. The van der Waals surface area contributed by atoms with E-state index in [2.05, 4.69) is 89.9 Å². The van der Waals surface area contributed by atoms with Gasteiger partial charge in [0.25, 0.3) is 0 Å². The van der Waals surface area contributed by atoms with Crippen LogP contribution < -0.4 is 0 Å². The fourth-order valence-electron chi connectivity index (χ4n) is 5.80. The summed E-state index contributed by atoms with van der Waals surface area (Å²) < 4.78 is 0. The van der Waals surface area contributed by atoms with E-state index in [-0.39, 0.29) is 0 Å². The van der Waals surface area contributed by atoms with Crippen molar-refractivity contribution in [3.63, 3.8) is 0 Å². The van der Waals surface area contributed by atoms with Crippen LogP contribution in [0.4, 0.5) is 0 Å². The van der Waals surface area contributed by atoms with Gasteiger partial charge in [0.05, 0.1) is 5.69 Å². The third-order valence-corrected chi connectivity index (χ3v) is 7.30. The number of aromatic nitrogens is 2. The van der Waals surface area contributed by atoms with Gasteiger partial charge in [-0.05, 0) is 84.7 Å². The second kappa shape index (κ2) is 6.49. The minimum Gasteiger partial charge on any atom is -0.264 e. The molecular weight excluding hydrogens is 412 g/mol. The molecule has 0 spiro atoms. The molecule has 0 unspecified atom stereocenters. The lowest BCUT2D eigenvalue weighted by Gasteiger charge is -2.15. The van der Waals surface area contributed by atoms with Crippen molar-refractivity contribution in [3.05, 3.63) is 110 Å². The number of benzene rings is 5. The lowest BCUT2D eigenvalue weighted by Crippen LogP contribution is -1.88. The number of pyridine rings is 2. The van der Waals surface area contributed by atoms with Crippen LogP contribution in [0, 0.1) is 0 Å². The average molecular weight is 431 g/mol. The molecule has 1 aliphatic rings. The third kappa shape index (κ3) is 2.29. The minimum absolute atomic E-state index is 1.09. The van der Waals surface area contributed by atoms with E-state index in [1.165, 1.54) is 65.5 Å². The zero-order valence-electron chi connectivity index (χ0n) is 18.3. The molecule has 0 atom stereocenters. The number of fused-ring (bicyclic) bond motifs is 8. The molecule has 0 amide bonds. The van der Waals surface area contributed by atoms with Crippen molar-refractivity contribution < 1.29 is 0 Å². The van der Waals surface area contributed by atoms with Gasteiger partial charge in [-0.3, -0.25) is 9.97 Å². The van der Waals surface area contributed by atoms with Crippen molar-refractivity contribution in [1.29, 1.82) is 0 Å². The maximum Gasteiger partial charge on any atom is 0.0787 e. The lowest BCUT2D eigenvalue weighted by atomic mass is 9.89. The second-order valence-electron chi connectivity index (χ2n) is 9.05. The van der Waals surface area contributed by atoms with Crippen molar-refractivity contribution in [2.75, 3.05) is 0 Å². The minimum atomic E-state index is 1.09. The van der Waals surface area contributed by atoms with E-state index in [1.807, 2.05) is 24.7 Å². The molecule has 2 aromatic heterocycles. The number of hydrogen-bond acceptors (Lipinski definition) is 2. The largest absolute Gasteiger partial charge is 0.264 e. The van der Waals surface area contributed by atoms with Gasteiger partial charge in [-0.1, -0.05) is 60.7 Å². The summed E-state index contributed by atoms with van der Waals surface area (Å²) in [6.07, 6.45) is 5.69. The predicted molar refractivity (Wildman–Crippen MR) is 142 cm³/mol. The van der Waals surface area contributed by atoms with Gasteiger partial charge in [0.2, 0.25) is 0 Å². The van der Waals surface area contributed by atoms with Gasteiger partial charge < -0.3 is 0 Å². The van der Waals surface area contributed by atoms with Gasteiger partial charge in [-0.25, -0.2) is 0 Å². The van der Waals surface area contributed by atoms with Crippen LogP contribution in [-0.2, 0) is 0 Å². The summed E-state index contributed by atoms with van der Waals surface area (Å²) >= 11 is 0. The summed E-state index contributed by atoms with van der Waals surface area (Å²) in [5.74, 6) is 0. The van der Waals surface area contributed by atoms with Gasteiger partial charge in [-0.2, -0.15) is 0 Å². The highest BCUT2D eigenvalue weighted by Gasteiger charge is 2.24. The Kier molecular flexibility index (Phi) is 3.42. The van der Waals surface area contributed by atoms with Gasteiger partial charge in [0, 0.05) is 35.1 Å². The molecule has 0 saturated heterocycles. The molecule has 2 nitrogen and oxygen atoms in total. The lowest BCUT2D eigenvalue weighted by molar-refractivity contribution is 1.35. The Hall–Kier alpha value is -4.56. The van der Waals surface area contributed by atoms with E-state index in [0.29, 0.717) is 0 Å². The zero-order chi connectivity index (χ0) is 22.2. The topological polar surface area (TPSA) is 25.8 Å². The third-order valence-electron chi connectivity index (χ3n) is 7.30. The highest BCUT2D eigenvalue weighted by molar-refractivity contribution is 6.28. The quantitative estimate of drug-likeness (QED) is 0.244. The van der Waals surface area contributed by atoms with Gasteiger partial charge in [-0.15, -0.1) is 0 Å². The smallest absolute Gasteiger partial charge is 0.0787 e. The van der Waals surface area contributed by atoms with Crippen molar-refractivity contribution in [2.45, 2.75) is 0 Å².